The molecule has 1 aliphatic carbocycles. The number of hydrogen-bond donors (Lipinski definition) is 1. The summed E-state index contributed by atoms with van der Waals surface area (Å²) in [6, 6.07) is 35.8. The zero-order valence-corrected chi connectivity index (χ0v) is 21.3. The Morgan fingerprint density at radius 1 is 0.722 bits per heavy atom. The van der Waals surface area contributed by atoms with E-state index in [2.05, 4.69) is 86.6 Å². The average Bonchev–Trinajstić information content (AvgIpc) is 2.94. The molecule has 0 amide bonds. The van der Waals surface area contributed by atoms with Crippen LogP contribution in [-0.4, -0.2) is 17.4 Å². The van der Waals surface area contributed by atoms with Crippen molar-refractivity contribution in [2.75, 3.05) is 0 Å². The Balaban J connectivity index is 1.68. The van der Waals surface area contributed by atoms with Crippen LogP contribution in [0.25, 0.3) is 11.1 Å². The molecule has 4 aromatic rings. The maximum atomic E-state index is 12.0. The Bertz CT molecular complexity index is 1260. The van der Waals surface area contributed by atoms with Gasteiger partial charge in [-0.25, -0.2) is 0 Å². The van der Waals surface area contributed by atoms with Crippen molar-refractivity contribution >= 4 is 6.21 Å². The Morgan fingerprint density at radius 3 is 1.81 bits per heavy atom. The van der Waals surface area contributed by atoms with E-state index in [9.17, 15) is 5.11 Å². The second kappa shape index (κ2) is 10.5. The molecule has 1 aliphatic rings. The molecule has 0 aromatic heterocycles. The van der Waals surface area contributed by atoms with Gasteiger partial charge in [-0.05, 0) is 60.8 Å². The van der Waals surface area contributed by atoms with Gasteiger partial charge in [0, 0.05) is 28.8 Å². The molecule has 0 radical (unpaired) electrons. The van der Waals surface area contributed by atoms with Crippen LogP contribution in [0.5, 0.6) is 5.75 Å². The van der Waals surface area contributed by atoms with E-state index in [4.69, 9.17) is 4.99 Å². The van der Waals surface area contributed by atoms with Crippen molar-refractivity contribution in [1.29, 1.82) is 0 Å². The minimum atomic E-state index is -0.523. The van der Waals surface area contributed by atoms with Crippen molar-refractivity contribution in [2.45, 2.75) is 51.0 Å². The lowest BCUT2D eigenvalue weighted by Gasteiger charge is -2.33. The second-order valence-electron chi connectivity index (χ2n) is 10.3. The summed E-state index contributed by atoms with van der Waals surface area (Å²) >= 11 is 0. The first kappa shape index (κ1) is 24.1. The molecule has 1 fully saturated rings. The molecule has 0 spiro atoms. The SMILES string of the molecule is CC1CCC(N=Cc2c(-c3ccccc3)ccc(C(C)(c3ccccc3)c3ccccc3)c2O)CC1. The van der Waals surface area contributed by atoms with Gasteiger partial charge < -0.3 is 5.11 Å². The summed E-state index contributed by atoms with van der Waals surface area (Å²) in [5.41, 5.74) is 5.54. The molecule has 1 saturated carbocycles. The van der Waals surface area contributed by atoms with E-state index in [1.807, 2.05) is 36.5 Å². The molecule has 182 valence electrons. The Hall–Kier alpha value is -3.65. The topological polar surface area (TPSA) is 32.6 Å². The third kappa shape index (κ3) is 4.73. The van der Waals surface area contributed by atoms with Gasteiger partial charge >= 0.3 is 0 Å². The summed E-state index contributed by atoms with van der Waals surface area (Å²) in [5, 5.41) is 12.0. The number of aromatic hydroxyl groups is 1. The smallest absolute Gasteiger partial charge is 0.129 e. The number of benzene rings is 4. The summed E-state index contributed by atoms with van der Waals surface area (Å²) in [7, 11) is 0. The van der Waals surface area contributed by atoms with Crippen LogP contribution >= 0.6 is 0 Å². The highest BCUT2D eigenvalue weighted by molar-refractivity contribution is 5.94. The van der Waals surface area contributed by atoms with E-state index in [0.717, 1.165) is 52.1 Å². The zero-order valence-electron chi connectivity index (χ0n) is 21.3. The van der Waals surface area contributed by atoms with Crippen LogP contribution < -0.4 is 0 Å². The summed E-state index contributed by atoms with van der Waals surface area (Å²) in [6.07, 6.45) is 6.62. The standard InChI is InChI=1S/C34H35NO/c1-25-18-20-29(21-19-25)35-24-31-30(26-12-6-3-7-13-26)22-23-32(33(31)36)34(2,27-14-8-4-9-15-27)28-16-10-5-11-17-28/h3-17,22-25,29,36H,18-21H2,1-2H3. The molecule has 0 saturated heterocycles. The summed E-state index contributed by atoms with van der Waals surface area (Å²) < 4.78 is 0. The molecule has 2 heteroatoms. The summed E-state index contributed by atoms with van der Waals surface area (Å²) in [6.45, 7) is 4.54. The van der Waals surface area contributed by atoms with Gasteiger partial charge in [0.05, 0.1) is 0 Å². The van der Waals surface area contributed by atoms with Gasteiger partial charge in [-0.3, -0.25) is 4.99 Å². The first-order chi connectivity index (χ1) is 17.6. The molecule has 2 nitrogen and oxygen atoms in total. The molecule has 0 atom stereocenters. The van der Waals surface area contributed by atoms with E-state index in [-0.39, 0.29) is 0 Å². The van der Waals surface area contributed by atoms with Gasteiger partial charge in [-0.15, -0.1) is 0 Å². The molecule has 1 N–H and O–H groups in total. The van der Waals surface area contributed by atoms with Gasteiger partial charge in [0.1, 0.15) is 5.75 Å². The minimum Gasteiger partial charge on any atom is -0.507 e. The lowest BCUT2D eigenvalue weighted by Crippen LogP contribution is -2.26. The second-order valence-corrected chi connectivity index (χ2v) is 10.3. The van der Waals surface area contributed by atoms with E-state index in [1.165, 1.54) is 12.8 Å². The predicted octanol–water partition coefficient (Wildman–Crippen LogP) is 8.41. The fourth-order valence-electron chi connectivity index (χ4n) is 5.60. The molecule has 0 unspecified atom stereocenters. The summed E-state index contributed by atoms with van der Waals surface area (Å²) in [5.74, 6) is 1.09. The minimum absolute atomic E-state index is 0.305. The number of phenolic OH excluding ortho intramolecular Hbond substituents is 1. The Morgan fingerprint density at radius 2 is 1.25 bits per heavy atom. The molecule has 4 aromatic carbocycles. The van der Waals surface area contributed by atoms with Crippen molar-refractivity contribution in [3.05, 3.63) is 125 Å². The summed E-state index contributed by atoms with van der Waals surface area (Å²) in [4.78, 5) is 5.02. The van der Waals surface area contributed by atoms with Gasteiger partial charge in [-0.2, -0.15) is 0 Å². The molecule has 0 bridgehead atoms. The van der Waals surface area contributed by atoms with Crippen LogP contribution in [0.2, 0.25) is 0 Å². The van der Waals surface area contributed by atoms with Crippen molar-refractivity contribution in [3.63, 3.8) is 0 Å². The molecule has 36 heavy (non-hydrogen) atoms. The monoisotopic (exact) mass is 473 g/mol. The zero-order chi connectivity index (χ0) is 25.0. The van der Waals surface area contributed by atoms with Crippen molar-refractivity contribution < 1.29 is 5.11 Å². The normalized spacial score (nSPS) is 18.4. The van der Waals surface area contributed by atoms with Crippen LogP contribution in [0, 0.1) is 5.92 Å². The largest absolute Gasteiger partial charge is 0.507 e. The number of phenols is 1. The van der Waals surface area contributed by atoms with E-state index < -0.39 is 5.41 Å². The third-order valence-electron chi connectivity index (χ3n) is 7.94. The van der Waals surface area contributed by atoms with Crippen molar-refractivity contribution in [3.8, 4) is 16.9 Å². The molecular weight excluding hydrogens is 438 g/mol. The lowest BCUT2D eigenvalue weighted by molar-refractivity contribution is 0.350. The Labute approximate surface area is 215 Å². The first-order valence-electron chi connectivity index (χ1n) is 13.1. The van der Waals surface area contributed by atoms with Crippen molar-refractivity contribution in [1.82, 2.24) is 0 Å². The number of rotatable bonds is 6. The van der Waals surface area contributed by atoms with E-state index in [1.54, 1.807) is 0 Å². The van der Waals surface area contributed by atoms with Gasteiger partial charge in [-0.1, -0.05) is 110 Å². The maximum Gasteiger partial charge on any atom is 0.129 e. The van der Waals surface area contributed by atoms with Crippen molar-refractivity contribution in [2.24, 2.45) is 10.9 Å². The maximum absolute atomic E-state index is 12.0. The van der Waals surface area contributed by atoms with E-state index >= 15 is 0 Å². The van der Waals surface area contributed by atoms with Crippen LogP contribution in [-0.2, 0) is 5.41 Å². The number of hydrogen-bond acceptors (Lipinski definition) is 2. The van der Waals surface area contributed by atoms with Crippen LogP contribution in [0.3, 0.4) is 0 Å². The fourth-order valence-corrected chi connectivity index (χ4v) is 5.60. The fraction of sp³-hybridized carbons (Fsp3) is 0.265. The molecule has 0 heterocycles. The average molecular weight is 474 g/mol. The van der Waals surface area contributed by atoms with Gasteiger partial charge in [0.15, 0.2) is 0 Å². The molecule has 0 aliphatic heterocycles. The van der Waals surface area contributed by atoms with Gasteiger partial charge in [0.2, 0.25) is 0 Å². The highest BCUT2D eigenvalue weighted by Gasteiger charge is 2.34. The highest BCUT2D eigenvalue weighted by Crippen LogP contribution is 2.45. The molecule has 5 rings (SSSR count). The number of aliphatic imine (C=N–C) groups is 1. The highest BCUT2D eigenvalue weighted by atomic mass is 16.3. The quantitative estimate of drug-likeness (QED) is 0.221. The predicted molar refractivity (Wildman–Crippen MR) is 151 cm³/mol. The van der Waals surface area contributed by atoms with Gasteiger partial charge in [0.25, 0.3) is 0 Å². The lowest BCUT2D eigenvalue weighted by atomic mass is 9.70. The molecular formula is C34H35NO. The Kier molecular flexibility index (Phi) is 7.04. The number of nitrogens with zero attached hydrogens (tertiary/aromatic N) is 1. The van der Waals surface area contributed by atoms with Crippen LogP contribution in [0.15, 0.2) is 108 Å². The van der Waals surface area contributed by atoms with E-state index in [0.29, 0.717) is 11.8 Å². The first-order valence-corrected chi connectivity index (χ1v) is 13.1. The van der Waals surface area contributed by atoms with Crippen LogP contribution in [0.1, 0.15) is 61.8 Å². The van der Waals surface area contributed by atoms with Crippen LogP contribution in [0.4, 0.5) is 0 Å². The third-order valence-corrected chi connectivity index (χ3v) is 7.94.